The first-order valence-electron chi connectivity index (χ1n) is 12.2. The van der Waals surface area contributed by atoms with Gasteiger partial charge < -0.3 is 5.73 Å². The van der Waals surface area contributed by atoms with Gasteiger partial charge in [0, 0.05) is 6.04 Å². The monoisotopic (exact) mass is 359 g/mol. The van der Waals surface area contributed by atoms with E-state index in [1.807, 2.05) is 0 Å². The Morgan fingerprint density at radius 3 is 2.42 bits per heavy atom. The number of rotatable bonds is 4. The highest BCUT2D eigenvalue weighted by Crippen LogP contribution is 2.68. The molecule has 0 radical (unpaired) electrons. The Kier molecular flexibility index (Phi) is 5.26. The van der Waals surface area contributed by atoms with E-state index in [2.05, 4.69) is 27.7 Å². The fourth-order valence-corrected chi connectivity index (χ4v) is 9.09. The third kappa shape index (κ3) is 2.82. The lowest BCUT2D eigenvalue weighted by Gasteiger charge is -2.61. The van der Waals surface area contributed by atoms with Gasteiger partial charge in [-0.3, -0.25) is 0 Å². The topological polar surface area (TPSA) is 26.0 Å². The average molecular weight is 360 g/mol. The highest BCUT2D eigenvalue weighted by molar-refractivity contribution is 5.09. The highest BCUT2D eigenvalue weighted by atomic mass is 14.7. The standard InChI is InChI=1S/C25H45N/c1-5-8-23(26)17(2)20-12-13-21-19-11-10-18-9-6-7-15-24(18,3)22(19)14-16-25(20,21)4/h17-23H,5-16,26H2,1-4H3/t17?,18?,19-,20?,21-,22+,23?,24-,25+/m0/s1. The van der Waals surface area contributed by atoms with Gasteiger partial charge in [0.05, 0.1) is 0 Å². The third-order valence-electron chi connectivity index (χ3n) is 10.6. The lowest BCUT2D eigenvalue weighted by molar-refractivity contribution is -0.114. The van der Waals surface area contributed by atoms with E-state index in [4.69, 9.17) is 5.73 Å². The molecular weight excluding hydrogens is 314 g/mol. The lowest BCUT2D eigenvalue weighted by Crippen LogP contribution is -2.53. The van der Waals surface area contributed by atoms with Crippen molar-refractivity contribution < 1.29 is 0 Å². The molecule has 0 amide bonds. The summed E-state index contributed by atoms with van der Waals surface area (Å²) in [6.07, 6.45) is 17.6. The molecule has 0 spiro atoms. The summed E-state index contributed by atoms with van der Waals surface area (Å²) in [7, 11) is 0. The fraction of sp³-hybridized carbons (Fsp3) is 1.00. The van der Waals surface area contributed by atoms with Crippen molar-refractivity contribution in [3.8, 4) is 0 Å². The van der Waals surface area contributed by atoms with Crippen LogP contribution in [0.1, 0.15) is 105 Å². The minimum atomic E-state index is 0.421. The molecule has 9 atom stereocenters. The van der Waals surface area contributed by atoms with Gasteiger partial charge in [0.25, 0.3) is 0 Å². The summed E-state index contributed by atoms with van der Waals surface area (Å²) in [5, 5.41) is 0. The van der Waals surface area contributed by atoms with Gasteiger partial charge in [0.2, 0.25) is 0 Å². The molecule has 0 aromatic carbocycles. The molecule has 4 aliphatic carbocycles. The molecule has 4 aliphatic rings. The Balaban J connectivity index is 1.54. The number of hydrogen-bond acceptors (Lipinski definition) is 1. The largest absolute Gasteiger partial charge is 0.327 e. The van der Waals surface area contributed by atoms with Crippen LogP contribution in [0.25, 0.3) is 0 Å². The van der Waals surface area contributed by atoms with Gasteiger partial charge in [0.1, 0.15) is 0 Å². The Bertz CT molecular complexity index is 500. The summed E-state index contributed by atoms with van der Waals surface area (Å²) in [6.45, 7) is 10.2. The quantitative estimate of drug-likeness (QED) is 0.587. The maximum atomic E-state index is 6.63. The van der Waals surface area contributed by atoms with Crippen LogP contribution in [0.5, 0.6) is 0 Å². The molecule has 2 N–H and O–H groups in total. The first kappa shape index (κ1) is 19.3. The van der Waals surface area contributed by atoms with Gasteiger partial charge in [-0.15, -0.1) is 0 Å². The molecule has 4 fully saturated rings. The summed E-state index contributed by atoms with van der Waals surface area (Å²) < 4.78 is 0. The summed E-state index contributed by atoms with van der Waals surface area (Å²) in [5.74, 6) is 5.72. The van der Waals surface area contributed by atoms with Gasteiger partial charge in [-0.05, 0) is 104 Å². The zero-order valence-electron chi connectivity index (χ0n) is 18.1. The highest BCUT2D eigenvalue weighted by Gasteiger charge is 2.60. The number of nitrogens with two attached hydrogens (primary N) is 1. The zero-order valence-corrected chi connectivity index (χ0v) is 18.1. The fourth-order valence-electron chi connectivity index (χ4n) is 9.09. The van der Waals surface area contributed by atoms with Crippen LogP contribution in [0.4, 0.5) is 0 Å². The van der Waals surface area contributed by atoms with Crippen LogP contribution in [0.15, 0.2) is 0 Å². The molecule has 1 nitrogen and oxygen atoms in total. The van der Waals surface area contributed by atoms with Crippen molar-refractivity contribution in [3.05, 3.63) is 0 Å². The first-order chi connectivity index (χ1) is 12.4. The normalized spacial score (nSPS) is 50.4. The molecule has 150 valence electrons. The Hall–Kier alpha value is -0.0400. The molecule has 0 heterocycles. The van der Waals surface area contributed by atoms with E-state index in [1.165, 1.54) is 64.2 Å². The Morgan fingerprint density at radius 1 is 0.885 bits per heavy atom. The van der Waals surface area contributed by atoms with E-state index >= 15 is 0 Å². The number of hydrogen-bond donors (Lipinski definition) is 1. The Labute approximate surface area is 163 Å². The summed E-state index contributed by atoms with van der Waals surface area (Å²) >= 11 is 0. The molecule has 0 aliphatic heterocycles. The predicted octanol–water partition coefficient (Wildman–Crippen LogP) is 6.80. The minimum absolute atomic E-state index is 0.421. The van der Waals surface area contributed by atoms with Crippen molar-refractivity contribution in [2.24, 2.45) is 52.1 Å². The van der Waals surface area contributed by atoms with Crippen LogP contribution in [0, 0.1) is 46.3 Å². The van der Waals surface area contributed by atoms with Crippen molar-refractivity contribution in [1.29, 1.82) is 0 Å². The van der Waals surface area contributed by atoms with E-state index in [0.717, 1.165) is 29.6 Å². The number of fused-ring (bicyclic) bond motifs is 5. The van der Waals surface area contributed by atoms with Crippen LogP contribution in [-0.4, -0.2) is 6.04 Å². The van der Waals surface area contributed by atoms with Crippen LogP contribution in [0.3, 0.4) is 0 Å². The van der Waals surface area contributed by atoms with Gasteiger partial charge >= 0.3 is 0 Å². The first-order valence-corrected chi connectivity index (χ1v) is 12.2. The van der Waals surface area contributed by atoms with Gasteiger partial charge in [-0.2, -0.15) is 0 Å². The second kappa shape index (κ2) is 7.09. The van der Waals surface area contributed by atoms with Crippen LogP contribution >= 0.6 is 0 Å². The SMILES string of the molecule is CCCC(N)C(C)C1CC[C@H]2[C@@H]3CCC4CCCC[C@]4(C)[C@@H]3CC[C@]12C. The minimum Gasteiger partial charge on any atom is -0.327 e. The molecular formula is C25H45N. The van der Waals surface area contributed by atoms with E-state index < -0.39 is 0 Å². The predicted molar refractivity (Wildman–Crippen MR) is 112 cm³/mol. The van der Waals surface area contributed by atoms with Crippen LogP contribution in [-0.2, 0) is 0 Å². The van der Waals surface area contributed by atoms with Crippen LogP contribution in [0.2, 0.25) is 0 Å². The van der Waals surface area contributed by atoms with E-state index in [0.29, 0.717) is 22.8 Å². The van der Waals surface area contributed by atoms with Crippen molar-refractivity contribution in [2.75, 3.05) is 0 Å². The summed E-state index contributed by atoms with van der Waals surface area (Å²) in [5.41, 5.74) is 7.90. The second-order valence-corrected chi connectivity index (χ2v) is 11.4. The van der Waals surface area contributed by atoms with Crippen molar-refractivity contribution >= 4 is 0 Å². The molecule has 0 aromatic heterocycles. The van der Waals surface area contributed by atoms with Crippen molar-refractivity contribution in [3.63, 3.8) is 0 Å². The molecule has 4 unspecified atom stereocenters. The van der Waals surface area contributed by atoms with Crippen molar-refractivity contribution in [2.45, 2.75) is 111 Å². The maximum Gasteiger partial charge on any atom is 0.00672 e. The van der Waals surface area contributed by atoms with Crippen molar-refractivity contribution in [1.82, 2.24) is 0 Å². The Morgan fingerprint density at radius 2 is 1.65 bits per heavy atom. The van der Waals surface area contributed by atoms with Gasteiger partial charge in [-0.25, -0.2) is 0 Å². The third-order valence-corrected chi connectivity index (χ3v) is 10.6. The molecule has 4 saturated carbocycles. The molecule has 4 rings (SSSR count). The average Bonchev–Trinajstić information content (AvgIpc) is 2.98. The molecule has 0 saturated heterocycles. The smallest absolute Gasteiger partial charge is 0.00672 e. The molecule has 0 aromatic rings. The zero-order chi connectivity index (χ0) is 18.5. The maximum absolute atomic E-state index is 6.63. The molecule has 0 bridgehead atoms. The van der Waals surface area contributed by atoms with Gasteiger partial charge in [0.15, 0.2) is 0 Å². The second-order valence-electron chi connectivity index (χ2n) is 11.4. The van der Waals surface area contributed by atoms with E-state index in [1.54, 1.807) is 12.8 Å². The van der Waals surface area contributed by atoms with E-state index in [-0.39, 0.29) is 0 Å². The van der Waals surface area contributed by atoms with E-state index in [9.17, 15) is 0 Å². The summed E-state index contributed by atoms with van der Waals surface area (Å²) in [6, 6.07) is 0.421. The lowest BCUT2D eigenvalue weighted by atomic mass is 9.44. The van der Waals surface area contributed by atoms with Gasteiger partial charge in [-0.1, -0.05) is 47.0 Å². The molecule has 26 heavy (non-hydrogen) atoms. The summed E-state index contributed by atoms with van der Waals surface area (Å²) in [4.78, 5) is 0. The molecule has 1 heteroatoms. The van der Waals surface area contributed by atoms with Crippen LogP contribution < -0.4 is 5.73 Å².